The quantitative estimate of drug-likeness (QED) is 0.602. The van der Waals surface area contributed by atoms with Gasteiger partial charge in [0.2, 0.25) is 0 Å². The van der Waals surface area contributed by atoms with Gasteiger partial charge < -0.3 is 20.4 Å². The van der Waals surface area contributed by atoms with Crippen LogP contribution < -0.4 is 0 Å². The van der Waals surface area contributed by atoms with Crippen LogP contribution in [0.1, 0.15) is 40.5 Å². The third kappa shape index (κ3) is 72.8. The molecule has 0 fully saturated rings. The number of aliphatic hydroxyl groups excluding tert-OH is 2. The summed E-state index contributed by atoms with van der Waals surface area (Å²) in [6, 6.07) is 0. The Balaban J connectivity index is -0.000000162. The van der Waals surface area contributed by atoms with Gasteiger partial charge in [-0.3, -0.25) is 0 Å². The molecule has 5 heteroatoms. The van der Waals surface area contributed by atoms with Gasteiger partial charge >= 0.3 is 6.16 Å². The fourth-order valence-electron chi connectivity index (χ4n) is 0.516. The number of hydrogen-bond donors (Lipinski definition) is 4. The molecule has 0 rings (SSSR count). The first-order chi connectivity index (χ1) is 7.27. The average molecular weight is 238 g/mol. The molecule has 0 amide bonds. The van der Waals surface area contributed by atoms with E-state index in [0.29, 0.717) is 25.0 Å². The van der Waals surface area contributed by atoms with Gasteiger partial charge in [0.15, 0.2) is 0 Å². The smallest absolute Gasteiger partial charge is 0.450 e. The first-order valence-electron chi connectivity index (χ1n) is 5.41. The molecule has 0 aliphatic heterocycles. The van der Waals surface area contributed by atoms with Crippen molar-refractivity contribution in [2.45, 2.75) is 40.5 Å². The Kier molecular flexibility index (Phi) is 21.4. The van der Waals surface area contributed by atoms with E-state index in [4.69, 9.17) is 25.2 Å². The lowest BCUT2D eigenvalue weighted by Gasteiger charge is -1.95. The van der Waals surface area contributed by atoms with Gasteiger partial charge in [0.1, 0.15) is 0 Å². The molecular weight excluding hydrogens is 212 g/mol. The molecule has 0 aliphatic carbocycles. The highest BCUT2D eigenvalue weighted by Gasteiger charge is 1.87. The van der Waals surface area contributed by atoms with Gasteiger partial charge in [-0.15, -0.1) is 0 Å². The summed E-state index contributed by atoms with van der Waals surface area (Å²) in [5, 5.41) is 30.4. The normalized spacial score (nSPS) is 9.00. The van der Waals surface area contributed by atoms with Crippen molar-refractivity contribution in [3.63, 3.8) is 0 Å². The zero-order valence-corrected chi connectivity index (χ0v) is 10.7. The number of rotatable bonds is 4. The van der Waals surface area contributed by atoms with E-state index < -0.39 is 6.16 Å². The van der Waals surface area contributed by atoms with Crippen LogP contribution >= 0.6 is 0 Å². The van der Waals surface area contributed by atoms with E-state index in [-0.39, 0.29) is 0 Å². The van der Waals surface area contributed by atoms with Crippen molar-refractivity contribution >= 4 is 6.16 Å². The van der Waals surface area contributed by atoms with E-state index in [1.165, 1.54) is 0 Å². The van der Waals surface area contributed by atoms with Crippen molar-refractivity contribution in [1.29, 1.82) is 0 Å². The average Bonchev–Trinajstić information content (AvgIpc) is 2.02. The summed E-state index contributed by atoms with van der Waals surface area (Å²) in [6.45, 7) is 9.04. The third-order valence-electron chi connectivity index (χ3n) is 1.41. The highest BCUT2D eigenvalue weighted by Crippen LogP contribution is 1.95. The second-order valence-corrected chi connectivity index (χ2v) is 4.09. The van der Waals surface area contributed by atoms with Crippen molar-refractivity contribution in [2.24, 2.45) is 11.8 Å². The Bertz CT molecular complexity index is 120. The summed E-state index contributed by atoms with van der Waals surface area (Å²) in [4.78, 5) is 8.56. The minimum absolute atomic E-state index is 0.331. The van der Waals surface area contributed by atoms with Crippen molar-refractivity contribution in [2.75, 3.05) is 13.2 Å². The molecule has 0 aromatic carbocycles. The third-order valence-corrected chi connectivity index (χ3v) is 1.41. The summed E-state index contributed by atoms with van der Waals surface area (Å²) < 4.78 is 0. The fourth-order valence-corrected chi connectivity index (χ4v) is 0.516. The van der Waals surface area contributed by atoms with Crippen LogP contribution in [-0.4, -0.2) is 39.8 Å². The first kappa shape index (κ1) is 20.6. The molecule has 0 unspecified atom stereocenters. The van der Waals surface area contributed by atoms with Crippen LogP contribution in [0.25, 0.3) is 0 Å². The minimum Gasteiger partial charge on any atom is -0.450 e. The second-order valence-electron chi connectivity index (χ2n) is 4.09. The molecule has 0 aromatic rings. The van der Waals surface area contributed by atoms with Gasteiger partial charge in [-0.25, -0.2) is 4.79 Å². The zero-order valence-electron chi connectivity index (χ0n) is 10.7. The van der Waals surface area contributed by atoms with Gasteiger partial charge in [0.05, 0.1) is 0 Å². The van der Waals surface area contributed by atoms with E-state index in [1.807, 2.05) is 0 Å². The van der Waals surface area contributed by atoms with Gasteiger partial charge in [0, 0.05) is 13.2 Å². The predicted octanol–water partition coefficient (Wildman–Crippen LogP) is 2.27. The van der Waals surface area contributed by atoms with Gasteiger partial charge in [-0.2, -0.15) is 0 Å². The molecule has 0 heterocycles. The first-order valence-corrected chi connectivity index (χ1v) is 5.41. The molecule has 5 nitrogen and oxygen atoms in total. The highest BCUT2D eigenvalue weighted by molar-refractivity contribution is 5.53. The standard InChI is InChI=1S/2C5H12O.CH2O3/c2*1-5(2)3-4-6;2-1(3)4/h2*5-6H,3-4H2,1-2H3;(H2,2,3,4). The summed E-state index contributed by atoms with van der Waals surface area (Å²) >= 11 is 0. The Labute approximate surface area is 97.7 Å². The Morgan fingerprint density at radius 2 is 1.06 bits per heavy atom. The van der Waals surface area contributed by atoms with Crippen molar-refractivity contribution in [1.82, 2.24) is 0 Å². The number of aliphatic hydroxyl groups is 2. The van der Waals surface area contributed by atoms with E-state index in [2.05, 4.69) is 27.7 Å². The fraction of sp³-hybridized carbons (Fsp3) is 0.909. The number of carboxylic acid groups (broad SMARTS) is 2. The van der Waals surface area contributed by atoms with Crippen LogP contribution in [0.4, 0.5) is 4.79 Å². The van der Waals surface area contributed by atoms with Crippen LogP contribution in [0.5, 0.6) is 0 Å². The molecule has 100 valence electrons. The van der Waals surface area contributed by atoms with Gasteiger partial charge in [-0.1, -0.05) is 27.7 Å². The summed E-state index contributed by atoms with van der Waals surface area (Å²) in [5.74, 6) is 1.30. The topological polar surface area (TPSA) is 98.0 Å². The van der Waals surface area contributed by atoms with Crippen LogP contribution in [-0.2, 0) is 0 Å². The Morgan fingerprint density at radius 1 is 0.875 bits per heavy atom. The van der Waals surface area contributed by atoms with Gasteiger partial charge in [0.25, 0.3) is 0 Å². The van der Waals surface area contributed by atoms with Crippen LogP contribution in [0.2, 0.25) is 0 Å². The molecule has 0 spiro atoms. The second kappa shape index (κ2) is 16.6. The molecule has 4 N–H and O–H groups in total. The Hall–Kier alpha value is -0.810. The number of hydrogen-bond acceptors (Lipinski definition) is 3. The largest absolute Gasteiger partial charge is 0.503 e. The lowest BCUT2D eigenvalue weighted by Crippen LogP contribution is -1.89. The molecular formula is C11H26O5. The van der Waals surface area contributed by atoms with Crippen molar-refractivity contribution in [3.8, 4) is 0 Å². The summed E-state index contributed by atoms with van der Waals surface area (Å²) in [6.07, 6.45) is 0.0278. The van der Waals surface area contributed by atoms with Crippen LogP contribution in [0.3, 0.4) is 0 Å². The van der Waals surface area contributed by atoms with Crippen LogP contribution in [0.15, 0.2) is 0 Å². The highest BCUT2D eigenvalue weighted by atomic mass is 16.6. The molecule has 16 heavy (non-hydrogen) atoms. The molecule has 0 radical (unpaired) electrons. The lowest BCUT2D eigenvalue weighted by molar-refractivity contribution is 0.137. The van der Waals surface area contributed by atoms with E-state index >= 15 is 0 Å². The molecule has 0 saturated heterocycles. The maximum atomic E-state index is 8.56. The van der Waals surface area contributed by atoms with E-state index in [0.717, 1.165) is 12.8 Å². The van der Waals surface area contributed by atoms with Crippen molar-refractivity contribution < 1.29 is 25.2 Å². The molecule has 0 atom stereocenters. The minimum atomic E-state index is -1.83. The van der Waals surface area contributed by atoms with Crippen molar-refractivity contribution in [3.05, 3.63) is 0 Å². The Morgan fingerprint density at radius 3 is 1.06 bits per heavy atom. The molecule has 0 saturated carbocycles. The van der Waals surface area contributed by atoms with Crippen LogP contribution in [0, 0.1) is 11.8 Å². The van der Waals surface area contributed by atoms with Gasteiger partial charge in [-0.05, 0) is 24.7 Å². The maximum absolute atomic E-state index is 8.56. The maximum Gasteiger partial charge on any atom is 0.503 e. The molecule has 0 aliphatic rings. The lowest BCUT2D eigenvalue weighted by atomic mass is 10.2. The monoisotopic (exact) mass is 238 g/mol. The summed E-state index contributed by atoms with van der Waals surface area (Å²) in [7, 11) is 0. The predicted molar refractivity (Wildman–Crippen MR) is 63.7 cm³/mol. The zero-order chi connectivity index (χ0) is 13.6. The SMILES string of the molecule is CC(C)CCO.CC(C)CCO.O=C(O)O. The van der Waals surface area contributed by atoms with E-state index in [1.54, 1.807) is 0 Å². The number of carbonyl (C=O) groups is 1. The summed E-state index contributed by atoms with van der Waals surface area (Å²) in [5.41, 5.74) is 0. The van der Waals surface area contributed by atoms with E-state index in [9.17, 15) is 0 Å². The molecule has 0 aromatic heterocycles. The molecule has 0 bridgehead atoms.